The molecule has 35 heavy (non-hydrogen) atoms. The van der Waals surface area contributed by atoms with Crippen LogP contribution in [-0.2, 0) is 11.3 Å². The molecular weight excluding hydrogens is 465 g/mol. The van der Waals surface area contributed by atoms with Gasteiger partial charge in [-0.3, -0.25) is 4.79 Å². The highest BCUT2D eigenvalue weighted by atomic mass is 32.1. The highest BCUT2D eigenvalue weighted by Crippen LogP contribution is 2.35. The molecule has 4 rings (SSSR count). The van der Waals surface area contributed by atoms with Gasteiger partial charge in [-0.2, -0.15) is 0 Å². The second kappa shape index (κ2) is 11.0. The summed E-state index contributed by atoms with van der Waals surface area (Å²) in [5.41, 5.74) is 3.39. The summed E-state index contributed by atoms with van der Waals surface area (Å²) >= 11 is 1.46. The zero-order valence-electron chi connectivity index (χ0n) is 19.7. The van der Waals surface area contributed by atoms with E-state index < -0.39 is 6.04 Å². The number of anilines is 2. The zero-order chi connectivity index (χ0) is 24.8. The van der Waals surface area contributed by atoms with Crippen molar-refractivity contribution in [1.82, 2.24) is 10.3 Å². The van der Waals surface area contributed by atoms with Crippen LogP contribution in [0.5, 0.6) is 11.5 Å². The molecule has 4 aromatic rings. The number of hydrogen-bond acceptors (Lipinski definition) is 6. The third kappa shape index (κ3) is 5.78. The minimum atomic E-state index is -0.557. The third-order valence-electron chi connectivity index (χ3n) is 5.58. The van der Waals surface area contributed by atoms with Gasteiger partial charge in [-0.1, -0.05) is 12.1 Å². The van der Waals surface area contributed by atoms with Crippen LogP contribution >= 0.6 is 11.3 Å². The summed E-state index contributed by atoms with van der Waals surface area (Å²) in [5.74, 6) is 1.01. The van der Waals surface area contributed by atoms with Crippen LogP contribution in [-0.4, -0.2) is 31.2 Å². The van der Waals surface area contributed by atoms with Crippen LogP contribution in [0.25, 0.3) is 11.3 Å². The molecule has 3 aromatic carbocycles. The van der Waals surface area contributed by atoms with Gasteiger partial charge in [0.25, 0.3) is 0 Å². The fraction of sp³-hybridized carbons (Fsp3) is 0.185. The standard InChI is InChI=1S/C27H26FN3O3S/c1-18(26(32)29-16-19-4-8-21(28)9-5-19)31(22-10-14-24(34-3)15-11-22)27-30-25(17-35-27)20-6-12-23(33-2)13-7-20/h4-15,17-18H,16H2,1-3H3,(H,29,32). The molecule has 0 saturated heterocycles. The molecule has 0 aliphatic heterocycles. The van der Waals surface area contributed by atoms with Gasteiger partial charge < -0.3 is 19.7 Å². The van der Waals surface area contributed by atoms with E-state index in [1.165, 1.54) is 23.5 Å². The monoisotopic (exact) mass is 491 g/mol. The Balaban J connectivity index is 1.60. The Hall–Kier alpha value is -3.91. The van der Waals surface area contributed by atoms with Gasteiger partial charge in [0.2, 0.25) is 5.91 Å². The molecule has 1 unspecified atom stereocenters. The zero-order valence-corrected chi connectivity index (χ0v) is 20.5. The maximum Gasteiger partial charge on any atom is 0.243 e. The van der Waals surface area contributed by atoms with E-state index in [4.69, 9.17) is 14.5 Å². The van der Waals surface area contributed by atoms with Crippen LogP contribution < -0.4 is 19.7 Å². The summed E-state index contributed by atoms with van der Waals surface area (Å²) in [6, 6.07) is 20.7. The molecule has 6 nitrogen and oxygen atoms in total. The average Bonchev–Trinajstić information content (AvgIpc) is 3.38. The van der Waals surface area contributed by atoms with Crippen molar-refractivity contribution in [1.29, 1.82) is 0 Å². The predicted molar refractivity (Wildman–Crippen MR) is 137 cm³/mol. The fourth-order valence-electron chi connectivity index (χ4n) is 3.57. The van der Waals surface area contributed by atoms with E-state index in [1.807, 2.05) is 65.7 Å². The molecule has 1 N–H and O–H groups in total. The molecule has 0 spiro atoms. The highest BCUT2D eigenvalue weighted by molar-refractivity contribution is 7.14. The number of rotatable bonds is 9. The van der Waals surface area contributed by atoms with E-state index in [0.29, 0.717) is 11.7 Å². The Morgan fingerprint density at radius 2 is 1.57 bits per heavy atom. The Morgan fingerprint density at radius 3 is 2.17 bits per heavy atom. The molecule has 1 aromatic heterocycles. The van der Waals surface area contributed by atoms with E-state index in [0.717, 1.165) is 34.0 Å². The third-order valence-corrected chi connectivity index (χ3v) is 6.42. The van der Waals surface area contributed by atoms with Gasteiger partial charge in [-0.15, -0.1) is 11.3 Å². The number of carbonyl (C=O) groups is 1. The maximum atomic E-state index is 13.2. The number of thiazole rings is 1. The quantitative estimate of drug-likeness (QED) is 0.320. The number of hydrogen-bond donors (Lipinski definition) is 1. The molecule has 1 atom stereocenters. The highest BCUT2D eigenvalue weighted by Gasteiger charge is 2.26. The molecular formula is C27H26FN3O3S. The molecule has 1 amide bonds. The maximum absolute atomic E-state index is 13.2. The second-order valence-electron chi connectivity index (χ2n) is 7.83. The van der Waals surface area contributed by atoms with E-state index >= 15 is 0 Å². The van der Waals surface area contributed by atoms with Crippen LogP contribution in [0.2, 0.25) is 0 Å². The number of nitrogens with one attached hydrogen (secondary N) is 1. The summed E-state index contributed by atoms with van der Waals surface area (Å²) < 4.78 is 23.7. The Kier molecular flexibility index (Phi) is 7.62. The van der Waals surface area contributed by atoms with Crippen molar-refractivity contribution in [2.24, 2.45) is 0 Å². The minimum absolute atomic E-state index is 0.175. The van der Waals surface area contributed by atoms with Crippen molar-refractivity contribution < 1.29 is 18.7 Å². The number of ether oxygens (including phenoxy) is 2. The first kappa shape index (κ1) is 24.2. The van der Waals surface area contributed by atoms with Gasteiger partial charge in [-0.05, 0) is 73.2 Å². The molecule has 0 fully saturated rings. The van der Waals surface area contributed by atoms with Crippen LogP contribution in [0.15, 0.2) is 78.2 Å². The summed E-state index contributed by atoms with van der Waals surface area (Å²) in [4.78, 5) is 19.9. The first-order valence-corrected chi connectivity index (χ1v) is 11.9. The number of nitrogens with zero attached hydrogens (tertiary/aromatic N) is 2. The van der Waals surface area contributed by atoms with Crippen molar-refractivity contribution in [3.63, 3.8) is 0 Å². The summed E-state index contributed by atoms with van der Waals surface area (Å²) in [5, 5.41) is 5.60. The molecule has 0 aliphatic rings. The van der Waals surface area contributed by atoms with Crippen molar-refractivity contribution in [2.45, 2.75) is 19.5 Å². The van der Waals surface area contributed by atoms with E-state index in [-0.39, 0.29) is 11.7 Å². The smallest absolute Gasteiger partial charge is 0.243 e. The lowest BCUT2D eigenvalue weighted by molar-refractivity contribution is -0.122. The minimum Gasteiger partial charge on any atom is -0.497 e. The lowest BCUT2D eigenvalue weighted by Gasteiger charge is -2.28. The number of carbonyl (C=O) groups excluding carboxylic acids is 1. The van der Waals surface area contributed by atoms with E-state index in [2.05, 4.69) is 5.32 Å². The Bertz CT molecular complexity index is 1260. The lowest BCUT2D eigenvalue weighted by atomic mass is 10.1. The normalized spacial score (nSPS) is 11.5. The van der Waals surface area contributed by atoms with E-state index in [1.54, 1.807) is 26.4 Å². The van der Waals surface area contributed by atoms with Gasteiger partial charge in [-0.25, -0.2) is 9.37 Å². The number of methoxy groups -OCH3 is 2. The molecule has 0 bridgehead atoms. The molecule has 1 heterocycles. The summed E-state index contributed by atoms with van der Waals surface area (Å²) in [6.45, 7) is 2.13. The number of halogens is 1. The van der Waals surface area contributed by atoms with E-state index in [9.17, 15) is 9.18 Å². The van der Waals surface area contributed by atoms with Gasteiger partial charge in [0.15, 0.2) is 5.13 Å². The largest absolute Gasteiger partial charge is 0.497 e. The van der Waals surface area contributed by atoms with Gasteiger partial charge in [0.05, 0.1) is 19.9 Å². The second-order valence-corrected chi connectivity index (χ2v) is 8.67. The predicted octanol–water partition coefficient (Wildman–Crippen LogP) is 5.81. The average molecular weight is 492 g/mol. The Labute approximate surface area is 208 Å². The van der Waals surface area contributed by atoms with Gasteiger partial charge >= 0.3 is 0 Å². The number of benzene rings is 3. The van der Waals surface area contributed by atoms with Crippen molar-refractivity contribution in [2.75, 3.05) is 19.1 Å². The van der Waals surface area contributed by atoms with Crippen LogP contribution in [0.3, 0.4) is 0 Å². The summed E-state index contributed by atoms with van der Waals surface area (Å²) in [6.07, 6.45) is 0. The van der Waals surface area contributed by atoms with Crippen LogP contribution in [0.1, 0.15) is 12.5 Å². The fourth-order valence-corrected chi connectivity index (χ4v) is 4.50. The molecule has 180 valence electrons. The lowest BCUT2D eigenvalue weighted by Crippen LogP contribution is -2.42. The molecule has 8 heteroatoms. The molecule has 0 saturated carbocycles. The van der Waals surface area contributed by atoms with Crippen LogP contribution in [0.4, 0.5) is 15.2 Å². The topological polar surface area (TPSA) is 63.7 Å². The molecule has 0 radical (unpaired) electrons. The first-order valence-electron chi connectivity index (χ1n) is 11.0. The van der Waals surface area contributed by atoms with Crippen molar-refractivity contribution >= 4 is 28.1 Å². The number of aromatic nitrogens is 1. The van der Waals surface area contributed by atoms with Crippen LogP contribution in [0, 0.1) is 5.82 Å². The van der Waals surface area contributed by atoms with Crippen molar-refractivity contribution in [3.8, 4) is 22.8 Å². The van der Waals surface area contributed by atoms with Gasteiger partial charge in [0.1, 0.15) is 23.4 Å². The first-order chi connectivity index (χ1) is 17.0. The van der Waals surface area contributed by atoms with Crippen molar-refractivity contribution in [3.05, 3.63) is 89.6 Å². The SMILES string of the molecule is COc1ccc(-c2csc(N(c3ccc(OC)cc3)C(C)C(=O)NCc3ccc(F)cc3)n2)cc1. The number of amides is 1. The Morgan fingerprint density at radius 1 is 0.971 bits per heavy atom. The van der Waals surface area contributed by atoms with Gasteiger partial charge in [0, 0.05) is 23.2 Å². The summed E-state index contributed by atoms with van der Waals surface area (Å²) in [7, 11) is 3.24. The molecule has 0 aliphatic carbocycles.